The fourth-order valence-corrected chi connectivity index (χ4v) is 1.70. The standard InChI is InChI=1S/C17H26N2O4/c1-13(2)17(20)23-12-14-9-15(21-7-3-5-18)11-16(10-14)22-8-4-6-19/h9-11H,1,3-8,12,18-19H2,2H3. The Morgan fingerprint density at radius 3 is 2.00 bits per heavy atom. The van der Waals surface area contributed by atoms with Crippen molar-refractivity contribution in [3.05, 3.63) is 35.9 Å². The number of carbonyl (C=O) groups is 1. The van der Waals surface area contributed by atoms with Gasteiger partial charge in [-0.2, -0.15) is 0 Å². The molecular weight excluding hydrogens is 296 g/mol. The number of carbonyl (C=O) groups excluding carboxylic acids is 1. The van der Waals surface area contributed by atoms with Crippen molar-refractivity contribution >= 4 is 5.97 Å². The van der Waals surface area contributed by atoms with E-state index in [1.807, 2.05) is 12.1 Å². The molecule has 128 valence electrons. The zero-order valence-corrected chi connectivity index (χ0v) is 13.7. The molecule has 1 rings (SSSR count). The summed E-state index contributed by atoms with van der Waals surface area (Å²) < 4.78 is 16.5. The summed E-state index contributed by atoms with van der Waals surface area (Å²) in [4.78, 5) is 11.5. The van der Waals surface area contributed by atoms with Crippen LogP contribution in [0.1, 0.15) is 25.3 Å². The van der Waals surface area contributed by atoms with Crippen LogP contribution >= 0.6 is 0 Å². The molecule has 0 spiro atoms. The first kappa shape index (κ1) is 19.0. The first-order valence-electron chi connectivity index (χ1n) is 7.69. The van der Waals surface area contributed by atoms with Crippen LogP contribution in [0.4, 0.5) is 0 Å². The Labute approximate surface area is 137 Å². The summed E-state index contributed by atoms with van der Waals surface area (Å²) in [6.45, 7) is 7.47. The van der Waals surface area contributed by atoms with Gasteiger partial charge in [-0.25, -0.2) is 4.79 Å². The lowest BCUT2D eigenvalue weighted by molar-refractivity contribution is -0.140. The van der Waals surface area contributed by atoms with Gasteiger partial charge in [-0.3, -0.25) is 0 Å². The smallest absolute Gasteiger partial charge is 0.333 e. The molecule has 4 N–H and O–H groups in total. The second-order valence-corrected chi connectivity index (χ2v) is 5.15. The molecule has 0 aliphatic rings. The number of rotatable bonds is 11. The Bertz CT molecular complexity index is 489. The zero-order chi connectivity index (χ0) is 17.1. The molecule has 0 atom stereocenters. The van der Waals surface area contributed by atoms with Crippen molar-refractivity contribution in [1.29, 1.82) is 0 Å². The van der Waals surface area contributed by atoms with Crippen LogP contribution in [0.3, 0.4) is 0 Å². The third kappa shape index (κ3) is 7.67. The lowest BCUT2D eigenvalue weighted by Gasteiger charge is -2.12. The molecule has 0 heterocycles. The van der Waals surface area contributed by atoms with Gasteiger partial charge in [0, 0.05) is 11.6 Å². The minimum Gasteiger partial charge on any atom is -0.493 e. The average Bonchev–Trinajstić information content (AvgIpc) is 2.53. The maximum absolute atomic E-state index is 11.5. The molecule has 0 amide bonds. The van der Waals surface area contributed by atoms with E-state index in [9.17, 15) is 4.79 Å². The Morgan fingerprint density at radius 1 is 1.04 bits per heavy atom. The predicted octanol–water partition coefficient (Wildman–Crippen LogP) is 1.76. The number of nitrogens with two attached hydrogens (primary N) is 2. The van der Waals surface area contributed by atoms with Crippen LogP contribution in [0.25, 0.3) is 0 Å². The average molecular weight is 322 g/mol. The van der Waals surface area contributed by atoms with Crippen molar-refractivity contribution in [2.45, 2.75) is 26.4 Å². The highest BCUT2D eigenvalue weighted by atomic mass is 16.5. The lowest BCUT2D eigenvalue weighted by Crippen LogP contribution is -2.09. The van der Waals surface area contributed by atoms with Gasteiger partial charge in [0.1, 0.15) is 18.1 Å². The first-order valence-corrected chi connectivity index (χ1v) is 7.69. The normalized spacial score (nSPS) is 10.2. The van der Waals surface area contributed by atoms with Gasteiger partial charge >= 0.3 is 5.97 Å². The van der Waals surface area contributed by atoms with Crippen molar-refractivity contribution in [1.82, 2.24) is 0 Å². The molecule has 0 saturated heterocycles. The van der Waals surface area contributed by atoms with E-state index in [2.05, 4.69) is 6.58 Å². The molecule has 0 aromatic heterocycles. The minimum absolute atomic E-state index is 0.132. The molecule has 6 heteroatoms. The molecule has 0 bridgehead atoms. The molecule has 0 radical (unpaired) electrons. The van der Waals surface area contributed by atoms with Gasteiger partial charge in [0.25, 0.3) is 0 Å². The molecule has 1 aromatic rings. The molecule has 0 aliphatic carbocycles. The highest BCUT2D eigenvalue weighted by molar-refractivity contribution is 5.86. The van der Waals surface area contributed by atoms with Gasteiger partial charge in [0.2, 0.25) is 0 Å². The van der Waals surface area contributed by atoms with Crippen LogP contribution in [0.5, 0.6) is 11.5 Å². The molecule has 0 saturated carbocycles. The second-order valence-electron chi connectivity index (χ2n) is 5.15. The number of hydrogen-bond donors (Lipinski definition) is 2. The van der Waals surface area contributed by atoms with Crippen molar-refractivity contribution in [2.24, 2.45) is 11.5 Å². The van der Waals surface area contributed by atoms with E-state index < -0.39 is 5.97 Å². The monoisotopic (exact) mass is 322 g/mol. The SMILES string of the molecule is C=C(C)C(=O)OCc1cc(OCCCN)cc(OCCCN)c1. The Balaban J connectivity index is 2.75. The Morgan fingerprint density at radius 2 is 1.57 bits per heavy atom. The molecule has 6 nitrogen and oxygen atoms in total. The van der Waals surface area contributed by atoms with E-state index in [1.54, 1.807) is 13.0 Å². The van der Waals surface area contributed by atoms with E-state index in [0.29, 0.717) is 43.4 Å². The summed E-state index contributed by atoms with van der Waals surface area (Å²) >= 11 is 0. The summed E-state index contributed by atoms with van der Waals surface area (Å²) in [5.74, 6) is 0.889. The number of hydrogen-bond acceptors (Lipinski definition) is 6. The topological polar surface area (TPSA) is 96.8 Å². The highest BCUT2D eigenvalue weighted by Gasteiger charge is 2.07. The Hall–Kier alpha value is -2.05. The first-order chi connectivity index (χ1) is 11.1. The van der Waals surface area contributed by atoms with Gasteiger partial charge in [-0.15, -0.1) is 0 Å². The summed E-state index contributed by atoms with van der Waals surface area (Å²) in [6, 6.07) is 5.44. The number of esters is 1. The van der Waals surface area contributed by atoms with E-state index in [-0.39, 0.29) is 6.61 Å². The maximum atomic E-state index is 11.5. The molecule has 23 heavy (non-hydrogen) atoms. The van der Waals surface area contributed by atoms with Crippen LogP contribution in [0, 0.1) is 0 Å². The molecular formula is C17H26N2O4. The van der Waals surface area contributed by atoms with Gasteiger partial charge < -0.3 is 25.7 Å². The van der Waals surface area contributed by atoms with Crippen molar-refractivity contribution < 1.29 is 19.0 Å². The number of benzene rings is 1. The second kappa shape index (κ2) is 10.6. The molecule has 0 fully saturated rings. The van der Waals surface area contributed by atoms with Gasteiger partial charge in [0.05, 0.1) is 13.2 Å². The van der Waals surface area contributed by atoms with Crippen LogP contribution in [0.15, 0.2) is 30.4 Å². The van der Waals surface area contributed by atoms with Crippen molar-refractivity contribution in [2.75, 3.05) is 26.3 Å². The van der Waals surface area contributed by atoms with Crippen LogP contribution in [-0.4, -0.2) is 32.3 Å². The molecule has 0 aliphatic heterocycles. The number of ether oxygens (including phenoxy) is 3. The van der Waals surface area contributed by atoms with Crippen LogP contribution < -0.4 is 20.9 Å². The minimum atomic E-state index is -0.426. The third-order valence-electron chi connectivity index (χ3n) is 2.89. The zero-order valence-electron chi connectivity index (χ0n) is 13.7. The lowest BCUT2D eigenvalue weighted by atomic mass is 10.2. The fourth-order valence-electron chi connectivity index (χ4n) is 1.70. The van der Waals surface area contributed by atoms with Crippen LogP contribution in [-0.2, 0) is 16.1 Å². The third-order valence-corrected chi connectivity index (χ3v) is 2.89. The van der Waals surface area contributed by atoms with Crippen molar-refractivity contribution in [3.8, 4) is 11.5 Å². The van der Waals surface area contributed by atoms with E-state index in [0.717, 1.165) is 18.4 Å². The van der Waals surface area contributed by atoms with Crippen LogP contribution in [0.2, 0.25) is 0 Å². The highest BCUT2D eigenvalue weighted by Crippen LogP contribution is 2.24. The fraction of sp³-hybridized carbons (Fsp3) is 0.471. The van der Waals surface area contributed by atoms with Crippen molar-refractivity contribution in [3.63, 3.8) is 0 Å². The molecule has 0 unspecified atom stereocenters. The Kier molecular flexibility index (Phi) is 8.79. The summed E-state index contributed by atoms with van der Waals surface area (Å²) in [5, 5.41) is 0. The van der Waals surface area contributed by atoms with E-state index in [4.69, 9.17) is 25.7 Å². The van der Waals surface area contributed by atoms with E-state index >= 15 is 0 Å². The predicted molar refractivity (Wildman–Crippen MR) is 89.4 cm³/mol. The van der Waals surface area contributed by atoms with Gasteiger partial charge in [0.15, 0.2) is 0 Å². The quantitative estimate of drug-likeness (QED) is 0.366. The summed E-state index contributed by atoms with van der Waals surface area (Å²) in [5.41, 5.74) is 12.1. The maximum Gasteiger partial charge on any atom is 0.333 e. The van der Waals surface area contributed by atoms with Gasteiger partial charge in [-0.05, 0) is 50.6 Å². The van der Waals surface area contributed by atoms with E-state index in [1.165, 1.54) is 0 Å². The summed E-state index contributed by atoms with van der Waals surface area (Å²) in [7, 11) is 0. The molecule has 1 aromatic carbocycles. The summed E-state index contributed by atoms with van der Waals surface area (Å²) in [6.07, 6.45) is 1.52. The largest absolute Gasteiger partial charge is 0.493 e. The van der Waals surface area contributed by atoms with Gasteiger partial charge in [-0.1, -0.05) is 6.58 Å².